The molecule has 0 amide bonds. The quantitative estimate of drug-likeness (QED) is 0.730. The Hall–Kier alpha value is -1.12. The summed E-state index contributed by atoms with van der Waals surface area (Å²) in [6, 6.07) is 11.7. The number of Topliss-reactive ketones (excluding diaryl/α,β-unsaturated/α-hetero) is 1. The molecule has 1 nitrogen and oxygen atoms in total. The Morgan fingerprint density at radius 1 is 1.11 bits per heavy atom. The summed E-state index contributed by atoms with van der Waals surface area (Å²) in [5.41, 5.74) is 3.93. The van der Waals surface area contributed by atoms with Crippen LogP contribution in [0.3, 0.4) is 0 Å². The number of carbonyl (C=O) groups is 1. The molecule has 2 aromatic carbocycles. The first-order valence-electron chi connectivity index (χ1n) is 5.77. The van der Waals surface area contributed by atoms with Gasteiger partial charge in [0.05, 0.1) is 0 Å². The number of fused-ring (bicyclic) bond motifs is 1. The number of halogens is 2. The first-order chi connectivity index (χ1) is 8.66. The van der Waals surface area contributed by atoms with Gasteiger partial charge in [0, 0.05) is 27.0 Å². The molecule has 0 radical (unpaired) electrons. The van der Waals surface area contributed by atoms with Gasteiger partial charge in [-0.05, 0) is 35.7 Å². The lowest BCUT2D eigenvalue weighted by atomic mass is 10.0. The van der Waals surface area contributed by atoms with Crippen molar-refractivity contribution in [1.29, 1.82) is 0 Å². The molecule has 0 bridgehead atoms. The molecule has 0 spiro atoms. The minimum Gasteiger partial charge on any atom is -0.294 e. The third kappa shape index (κ3) is 1.90. The van der Waals surface area contributed by atoms with Crippen LogP contribution in [0.4, 0.5) is 0 Å². The number of hydrogen-bond donors (Lipinski definition) is 0. The topological polar surface area (TPSA) is 17.1 Å². The van der Waals surface area contributed by atoms with Crippen molar-refractivity contribution < 1.29 is 4.79 Å². The lowest BCUT2D eigenvalue weighted by Gasteiger charge is -2.09. The van der Waals surface area contributed by atoms with Crippen LogP contribution in [0.25, 0.3) is 11.1 Å². The third-order valence-corrected chi connectivity index (χ3v) is 4.26. The normalized spacial score (nSPS) is 13.8. The highest BCUT2D eigenvalue weighted by Crippen LogP contribution is 2.36. The van der Waals surface area contributed by atoms with Crippen molar-refractivity contribution in [2.24, 2.45) is 0 Å². The average molecular weight is 322 g/mol. The molecule has 0 saturated carbocycles. The molecule has 2 aromatic rings. The minimum atomic E-state index is 0.232. The van der Waals surface area contributed by atoms with Crippen molar-refractivity contribution in [2.45, 2.75) is 12.8 Å². The zero-order chi connectivity index (χ0) is 12.7. The van der Waals surface area contributed by atoms with Crippen LogP contribution in [-0.2, 0) is 6.42 Å². The van der Waals surface area contributed by atoms with E-state index < -0.39 is 0 Å². The number of ketones is 1. The molecule has 0 aliphatic heterocycles. The Morgan fingerprint density at radius 3 is 2.72 bits per heavy atom. The van der Waals surface area contributed by atoms with Gasteiger partial charge in [-0.1, -0.05) is 45.7 Å². The molecule has 0 heterocycles. The summed E-state index contributed by atoms with van der Waals surface area (Å²) in [7, 11) is 0. The van der Waals surface area contributed by atoms with E-state index in [9.17, 15) is 4.79 Å². The van der Waals surface area contributed by atoms with Crippen molar-refractivity contribution in [3.05, 3.63) is 57.0 Å². The molecule has 3 heteroatoms. The summed E-state index contributed by atoms with van der Waals surface area (Å²) in [6.07, 6.45) is 1.49. The standard InChI is InChI=1S/C15H10BrClO/c16-12-2-1-3-13(17)15(12)10-5-4-9-6-7-14(18)11(9)8-10/h1-5,8H,6-7H2. The highest BCUT2D eigenvalue weighted by molar-refractivity contribution is 9.10. The highest BCUT2D eigenvalue weighted by atomic mass is 79.9. The van der Waals surface area contributed by atoms with Crippen molar-refractivity contribution in [1.82, 2.24) is 0 Å². The van der Waals surface area contributed by atoms with E-state index in [1.807, 2.05) is 36.4 Å². The Balaban J connectivity index is 2.19. The molecule has 1 aliphatic carbocycles. The summed E-state index contributed by atoms with van der Waals surface area (Å²) in [5.74, 6) is 0.232. The zero-order valence-corrected chi connectivity index (χ0v) is 11.9. The first kappa shape index (κ1) is 11.9. The Labute approximate surface area is 119 Å². The molecule has 0 aromatic heterocycles. The second kappa shape index (κ2) is 4.52. The predicted molar refractivity (Wildman–Crippen MR) is 77.2 cm³/mol. The van der Waals surface area contributed by atoms with Crippen LogP contribution in [0.2, 0.25) is 5.02 Å². The van der Waals surface area contributed by atoms with Gasteiger partial charge in [0.2, 0.25) is 0 Å². The van der Waals surface area contributed by atoms with Gasteiger partial charge >= 0.3 is 0 Å². The van der Waals surface area contributed by atoms with Gasteiger partial charge in [0.1, 0.15) is 0 Å². The maximum atomic E-state index is 11.8. The van der Waals surface area contributed by atoms with Crippen LogP contribution in [0.5, 0.6) is 0 Å². The molecule has 0 saturated heterocycles. The van der Waals surface area contributed by atoms with Gasteiger partial charge < -0.3 is 0 Å². The van der Waals surface area contributed by atoms with Gasteiger partial charge in [-0.25, -0.2) is 0 Å². The Bertz CT molecular complexity index is 629. The Kier molecular flexibility index (Phi) is 3.00. The molecular formula is C15H10BrClO. The predicted octanol–water partition coefficient (Wildman–Crippen LogP) is 4.90. The second-order valence-corrected chi connectivity index (χ2v) is 5.65. The SMILES string of the molecule is O=C1CCc2ccc(-c3c(Cl)cccc3Br)cc21. The fourth-order valence-electron chi connectivity index (χ4n) is 2.37. The number of benzene rings is 2. The number of hydrogen-bond acceptors (Lipinski definition) is 1. The molecule has 18 heavy (non-hydrogen) atoms. The van der Waals surface area contributed by atoms with E-state index in [0.29, 0.717) is 11.4 Å². The van der Waals surface area contributed by atoms with Gasteiger partial charge in [-0.2, -0.15) is 0 Å². The minimum absolute atomic E-state index is 0.232. The highest BCUT2D eigenvalue weighted by Gasteiger charge is 2.20. The van der Waals surface area contributed by atoms with Crippen molar-refractivity contribution in [2.75, 3.05) is 0 Å². The van der Waals surface area contributed by atoms with Crippen molar-refractivity contribution in [3.8, 4) is 11.1 Å². The second-order valence-electron chi connectivity index (χ2n) is 4.39. The number of rotatable bonds is 1. The maximum Gasteiger partial charge on any atom is 0.163 e. The summed E-state index contributed by atoms with van der Waals surface area (Å²) < 4.78 is 0.945. The zero-order valence-electron chi connectivity index (χ0n) is 9.54. The molecule has 3 rings (SSSR count). The first-order valence-corrected chi connectivity index (χ1v) is 6.94. The Morgan fingerprint density at radius 2 is 1.94 bits per heavy atom. The maximum absolute atomic E-state index is 11.8. The molecule has 0 atom stereocenters. The van der Waals surface area contributed by atoms with E-state index in [1.54, 1.807) is 0 Å². The molecular weight excluding hydrogens is 312 g/mol. The summed E-state index contributed by atoms with van der Waals surface area (Å²) in [5, 5.41) is 0.690. The molecule has 1 aliphatic rings. The van der Waals surface area contributed by atoms with Crippen LogP contribution in [0.15, 0.2) is 40.9 Å². The monoisotopic (exact) mass is 320 g/mol. The van der Waals surface area contributed by atoms with Crippen LogP contribution >= 0.6 is 27.5 Å². The van der Waals surface area contributed by atoms with E-state index in [0.717, 1.165) is 33.1 Å². The van der Waals surface area contributed by atoms with Crippen LogP contribution in [0.1, 0.15) is 22.3 Å². The van der Waals surface area contributed by atoms with Gasteiger partial charge in [0.25, 0.3) is 0 Å². The lowest BCUT2D eigenvalue weighted by Crippen LogP contribution is -1.92. The van der Waals surface area contributed by atoms with Gasteiger partial charge in [-0.3, -0.25) is 4.79 Å². The fraction of sp³-hybridized carbons (Fsp3) is 0.133. The van der Waals surface area contributed by atoms with Gasteiger partial charge in [0.15, 0.2) is 5.78 Å². The summed E-state index contributed by atoms with van der Waals surface area (Å²) >= 11 is 9.75. The van der Waals surface area contributed by atoms with Crippen LogP contribution < -0.4 is 0 Å². The third-order valence-electron chi connectivity index (χ3n) is 3.28. The van der Waals surface area contributed by atoms with Crippen molar-refractivity contribution >= 4 is 33.3 Å². The fourth-order valence-corrected chi connectivity index (χ4v) is 3.36. The lowest BCUT2D eigenvalue weighted by molar-refractivity contribution is 0.0994. The molecule has 0 N–H and O–H groups in total. The summed E-state index contributed by atoms with van der Waals surface area (Å²) in [6.45, 7) is 0. The van der Waals surface area contributed by atoms with E-state index in [-0.39, 0.29) is 5.78 Å². The smallest absolute Gasteiger partial charge is 0.163 e. The number of carbonyl (C=O) groups excluding carboxylic acids is 1. The molecule has 0 unspecified atom stereocenters. The molecule has 0 fully saturated rings. The van der Waals surface area contributed by atoms with E-state index >= 15 is 0 Å². The number of aryl methyl sites for hydroxylation is 1. The molecule has 90 valence electrons. The largest absolute Gasteiger partial charge is 0.294 e. The van der Waals surface area contributed by atoms with Crippen LogP contribution in [0, 0.1) is 0 Å². The van der Waals surface area contributed by atoms with Gasteiger partial charge in [-0.15, -0.1) is 0 Å². The summed E-state index contributed by atoms with van der Waals surface area (Å²) in [4.78, 5) is 11.8. The average Bonchev–Trinajstić information content (AvgIpc) is 2.71. The van der Waals surface area contributed by atoms with Crippen LogP contribution in [-0.4, -0.2) is 5.78 Å². The van der Waals surface area contributed by atoms with E-state index in [4.69, 9.17) is 11.6 Å². The van der Waals surface area contributed by atoms with E-state index in [1.165, 1.54) is 0 Å². The van der Waals surface area contributed by atoms with E-state index in [2.05, 4.69) is 15.9 Å². The van der Waals surface area contributed by atoms with Crippen molar-refractivity contribution in [3.63, 3.8) is 0 Å².